The lowest BCUT2D eigenvalue weighted by atomic mass is 9.89. The normalized spacial score (nSPS) is 22.3. The Kier molecular flexibility index (Phi) is 8.29. The maximum atomic E-state index is 15.6. The number of benzene rings is 1. The van der Waals surface area contributed by atoms with Crippen LogP contribution in [0, 0.1) is 11.2 Å². The average molecular weight is 605 g/mol. The lowest BCUT2D eigenvalue weighted by Gasteiger charge is -2.32. The van der Waals surface area contributed by atoms with Gasteiger partial charge in [0.1, 0.15) is 5.82 Å². The minimum absolute atomic E-state index is 0.0142. The fraction of sp³-hybridized carbons (Fsp3) is 0.586. The van der Waals surface area contributed by atoms with Gasteiger partial charge in [-0.05, 0) is 63.7 Å². The molecule has 2 aromatic rings. The zero-order valence-corrected chi connectivity index (χ0v) is 25.5. The number of carbonyl (C=O) groups excluding carboxylic acids is 2. The highest BCUT2D eigenvalue weighted by Crippen LogP contribution is 2.44. The molecule has 5 rings (SSSR count). The van der Waals surface area contributed by atoms with Crippen LogP contribution in [0.4, 0.5) is 14.9 Å². The van der Waals surface area contributed by atoms with Crippen LogP contribution in [0.2, 0.25) is 0 Å². The molecule has 3 aliphatic rings. The number of aromatic nitrogens is 1. The summed E-state index contributed by atoms with van der Waals surface area (Å²) in [7, 11) is 0.313. The number of amides is 3. The number of nitrogens with two attached hydrogens (primary N) is 1. The van der Waals surface area contributed by atoms with Crippen LogP contribution < -0.4 is 21.7 Å². The van der Waals surface area contributed by atoms with Gasteiger partial charge >= 0.3 is 6.03 Å². The summed E-state index contributed by atoms with van der Waals surface area (Å²) in [6.07, 6.45) is 3.32. The van der Waals surface area contributed by atoms with Crippen LogP contribution in [0.1, 0.15) is 66.8 Å². The Morgan fingerprint density at radius 2 is 1.81 bits per heavy atom. The molecule has 3 heterocycles. The molecule has 1 aromatic heterocycles. The van der Waals surface area contributed by atoms with Crippen molar-refractivity contribution in [2.24, 2.45) is 11.1 Å². The van der Waals surface area contributed by atoms with Crippen molar-refractivity contribution in [3.05, 3.63) is 40.5 Å². The standard InChI is InChI=1S/C29H41FN6O5S/c1-29(2)13-23-26(42(39,40)16-29)20-14-41-15-24(20)36(23)19-11-21(30)25(27(31)37)22(12-19)33-17-5-7-18(8-6-17)34-28(38)32-9-10-35(3)4/h11-12,17-18,33H,5-10,13-16H2,1-4H3,(H2,31,37)(H2,32,34,38). The molecule has 1 aliphatic carbocycles. The molecule has 1 fully saturated rings. The van der Waals surface area contributed by atoms with Crippen LogP contribution >= 0.6 is 0 Å². The second-order valence-electron chi connectivity index (χ2n) is 12.7. The molecule has 0 bridgehead atoms. The Balaban J connectivity index is 1.40. The number of urea groups is 1. The number of halogens is 1. The summed E-state index contributed by atoms with van der Waals surface area (Å²) in [5, 5.41) is 9.21. The van der Waals surface area contributed by atoms with E-state index < -0.39 is 27.0 Å². The highest BCUT2D eigenvalue weighted by Gasteiger charge is 2.43. The molecule has 0 unspecified atom stereocenters. The molecule has 11 nitrogen and oxygen atoms in total. The molecule has 0 atom stereocenters. The number of anilines is 1. The van der Waals surface area contributed by atoms with E-state index in [1.807, 2.05) is 32.8 Å². The summed E-state index contributed by atoms with van der Waals surface area (Å²) < 4.78 is 49.7. The van der Waals surface area contributed by atoms with Gasteiger partial charge in [-0.1, -0.05) is 13.8 Å². The summed E-state index contributed by atoms with van der Waals surface area (Å²) in [6.45, 7) is 5.51. The lowest BCUT2D eigenvalue weighted by molar-refractivity contribution is 0.0997. The Bertz CT molecular complexity index is 1490. The van der Waals surface area contributed by atoms with E-state index in [0.717, 1.165) is 19.4 Å². The molecule has 3 amide bonds. The van der Waals surface area contributed by atoms with E-state index in [2.05, 4.69) is 16.0 Å². The molecule has 1 saturated carbocycles. The number of likely N-dealkylation sites (N-methyl/N-ethyl adjacent to an activating group) is 1. The second-order valence-corrected chi connectivity index (χ2v) is 14.7. The van der Waals surface area contributed by atoms with Crippen molar-refractivity contribution in [2.45, 2.75) is 76.1 Å². The first-order valence-electron chi connectivity index (χ1n) is 14.4. The number of carbonyl (C=O) groups is 2. The van der Waals surface area contributed by atoms with Crippen LogP contribution in [0.3, 0.4) is 0 Å². The van der Waals surface area contributed by atoms with Crippen LogP contribution in [0.5, 0.6) is 0 Å². The van der Waals surface area contributed by atoms with E-state index in [1.165, 1.54) is 6.07 Å². The van der Waals surface area contributed by atoms with Gasteiger partial charge in [0.15, 0.2) is 9.84 Å². The van der Waals surface area contributed by atoms with E-state index in [1.54, 1.807) is 10.6 Å². The number of primary amides is 1. The largest absolute Gasteiger partial charge is 0.382 e. The highest BCUT2D eigenvalue weighted by molar-refractivity contribution is 7.91. The van der Waals surface area contributed by atoms with Gasteiger partial charge in [-0.25, -0.2) is 17.6 Å². The van der Waals surface area contributed by atoms with Crippen molar-refractivity contribution >= 4 is 27.5 Å². The van der Waals surface area contributed by atoms with Crippen molar-refractivity contribution in [2.75, 3.05) is 38.3 Å². The second kappa shape index (κ2) is 11.5. The molecule has 2 aliphatic heterocycles. The number of hydrogen-bond donors (Lipinski definition) is 4. The molecule has 13 heteroatoms. The van der Waals surface area contributed by atoms with Gasteiger partial charge in [0.05, 0.1) is 46.5 Å². The first kappa shape index (κ1) is 30.3. The molecular weight excluding hydrogens is 563 g/mol. The SMILES string of the molecule is CN(C)CCNC(=O)NC1CCC(Nc2cc(-n3c4c(c5c3CC(C)(C)CS5(=O)=O)COC4)cc(F)c2C(N)=O)CC1. The van der Waals surface area contributed by atoms with Gasteiger partial charge in [0, 0.05) is 36.4 Å². The van der Waals surface area contributed by atoms with Gasteiger partial charge < -0.3 is 35.9 Å². The number of rotatable bonds is 8. The Hall–Kier alpha value is -3.16. The molecule has 5 N–H and O–H groups in total. The van der Waals surface area contributed by atoms with Crippen molar-refractivity contribution < 1.29 is 27.1 Å². The zero-order valence-electron chi connectivity index (χ0n) is 24.7. The Labute approximate surface area is 246 Å². The van der Waals surface area contributed by atoms with Crippen molar-refractivity contribution in [3.63, 3.8) is 0 Å². The summed E-state index contributed by atoms with van der Waals surface area (Å²) in [4.78, 5) is 26.9. The van der Waals surface area contributed by atoms with Crippen LogP contribution in [-0.2, 0) is 34.2 Å². The van der Waals surface area contributed by atoms with Crippen LogP contribution in [-0.4, -0.2) is 74.8 Å². The van der Waals surface area contributed by atoms with Gasteiger partial charge in [-0.2, -0.15) is 0 Å². The minimum Gasteiger partial charge on any atom is -0.382 e. The highest BCUT2D eigenvalue weighted by atomic mass is 32.2. The van der Waals surface area contributed by atoms with E-state index in [4.69, 9.17) is 10.5 Å². The minimum atomic E-state index is -3.57. The molecule has 230 valence electrons. The predicted molar refractivity (Wildman–Crippen MR) is 157 cm³/mol. The Morgan fingerprint density at radius 1 is 1.12 bits per heavy atom. The van der Waals surface area contributed by atoms with E-state index in [0.29, 0.717) is 53.3 Å². The van der Waals surface area contributed by atoms with E-state index in [-0.39, 0.29) is 48.3 Å². The van der Waals surface area contributed by atoms with Crippen LogP contribution in [0.15, 0.2) is 17.0 Å². The maximum Gasteiger partial charge on any atom is 0.315 e. The molecule has 42 heavy (non-hydrogen) atoms. The van der Waals surface area contributed by atoms with Gasteiger partial charge in [-0.15, -0.1) is 0 Å². The first-order chi connectivity index (χ1) is 19.8. The average Bonchev–Trinajstić information content (AvgIpc) is 3.43. The quantitative estimate of drug-likeness (QED) is 0.362. The summed E-state index contributed by atoms with van der Waals surface area (Å²) in [5.41, 5.74) is 7.50. The number of nitrogens with one attached hydrogen (secondary N) is 3. The van der Waals surface area contributed by atoms with Crippen molar-refractivity contribution in [1.29, 1.82) is 0 Å². The number of nitrogens with zero attached hydrogens (tertiary/aromatic N) is 2. The van der Waals surface area contributed by atoms with Crippen molar-refractivity contribution in [1.82, 2.24) is 20.1 Å². The third-order valence-corrected chi connectivity index (χ3v) is 10.6. The lowest BCUT2D eigenvalue weighted by Crippen LogP contribution is -2.46. The fourth-order valence-electron chi connectivity index (χ4n) is 6.50. The Morgan fingerprint density at radius 3 is 2.48 bits per heavy atom. The fourth-order valence-corrected chi connectivity index (χ4v) is 8.85. The van der Waals surface area contributed by atoms with Crippen LogP contribution in [0.25, 0.3) is 5.69 Å². The van der Waals surface area contributed by atoms with Gasteiger partial charge in [0.25, 0.3) is 5.91 Å². The number of ether oxygens (including phenoxy) is 1. The number of fused-ring (bicyclic) bond motifs is 3. The monoisotopic (exact) mass is 604 g/mol. The summed E-state index contributed by atoms with van der Waals surface area (Å²) in [6, 6.07) is 2.67. The molecule has 0 radical (unpaired) electrons. The van der Waals surface area contributed by atoms with Gasteiger partial charge in [0.2, 0.25) is 0 Å². The zero-order chi connectivity index (χ0) is 30.4. The molecular formula is C29H41FN6O5S. The smallest absolute Gasteiger partial charge is 0.315 e. The van der Waals surface area contributed by atoms with E-state index >= 15 is 4.39 Å². The summed E-state index contributed by atoms with van der Waals surface area (Å²) in [5.74, 6) is -1.64. The number of sulfone groups is 1. The van der Waals surface area contributed by atoms with Crippen molar-refractivity contribution in [3.8, 4) is 5.69 Å². The molecule has 0 spiro atoms. The topological polar surface area (TPSA) is 148 Å². The summed E-state index contributed by atoms with van der Waals surface area (Å²) >= 11 is 0. The maximum absolute atomic E-state index is 15.6. The van der Waals surface area contributed by atoms with Gasteiger partial charge in [-0.3, -0.25) is 4.79 Å². The third kappa shape index (κ3) is 6.13. The number of hydrogen-bond acceptors (Lipinski definition) is 7. The molecule has 0 saturated heterocycles. The predicted octanol–water partition coefficient (Wildman–Crippen LogP) is 2.69. The van der Waals surface area contributed by atoms with E-state index in [9.17, 15) is 18.0 Å². The molecule has 1 aromatic carbocycles. The third-order valence-electron chi connectivity index (χ3n) is 8.29. The first-order valence-corrected chi connectivity index (χ1v) is 16.1.